The van der Waals surface area contributed by atoms with Gasteiger partial charge in [-0.1, -0.05) is 30.3 Å². The van der Waals surface area contributed by atoms with E-state index in [1.54, 1.807) is 0 Å². The van der Waals surface area contributed by atoms with E-state index in [0.29, 0.717) is 12.6 Å². The molecule has 0 aliphatic rings. The van der Waals surface area contributed by atoms with Crippen molar-refractivity contribution in [2.24, 2.45) is 0 Å². The van der Waals surface area contributed by atoms with E-state index >= 15 is 0 Å². The zero-order valence-corrected chi connectivity index (χ0v) is 10.5. The Morgan fingerprint density at radius 3 is 2.44 bits per heavy atom. The first-order valence-corrected chi connectivity index (χ1v) is 5.88. The molecule has 86 valence electrons. The molecule has 1 aromatic carbocycles. The van der Waals surface area contributed by atoms with Crippen LogP contribution in [0.3, 0.4) is 0 Å². The summed E-state index contributed by atoms with van der Waals surface area (Å²) in [6.45, 7) is 5.67. The molecule has 0 fully saturated rings. The summed E-state index contributed by atoms with van der Waals surface area (Å²) in [4.78, 5) is 2.20. The van der Waals surface area contributed by atoms with E-state index in [1.807, 2.05) is 18.2 Å². The standard InChI is InChI=1S/C13H17ClN2/c1-11(2)16(10-13(14)8-15)9-12-6-4-3-5-7-12/h3-7,11,13H,9-10H2,1-2H3. The van der Waals surface area contributed by atoms with Crippen LogP contribution in [-0.2, 0) is 6.54 Å². The number of benzene rings is 1. The van der Waals surface area contributed by atoms with E-state index in [4.69, 9.17) is 16.9 Å². The molecule has 3 heteroatoms. The SMILES string of the molecule is CC(C)N(Cc1ccccc1)CC(Cl)C#N. The van der Waals surface area contributed by atoms with Crippen LogP contribution in [0.1, 0.15) is 19.4 Å². The second-order valence-corrected chi connectivity index (χ2v) is 4.63. The molecule has 0 saturated carbocycles. The van der Waals surface area contributed by atoms with Crippen LogP contribution in [0, 0.1) is 11.3 Å². The summed E-state index contributed by atoms with van der Waals surface area (Å²) in [5, 5.41) is 8.28. The fourth-order valence-corrected chi connectivity index (χ4v) is 1.70. The van der Waals surface area contributed by atoms with E-state index in [1.165, 1.54) is 5.56 Å². The number of nitrogens with zero attached hydrogens (tertiary/aromatic N) is 2. The normalized spacial score (nSPS) is 12.8. The van der Waals surface area contributed by atoms with Crippen molar-refractivity contribution in [1.29, 1.82) is 5.26 Å². The summed E-state index contributed by atoms with van der Waals surface area (Å²) in [6.07, 6.45) is 0. The minimum absolute atomic E-state index is 0.384. The second-order valence-electron chi connectivity index (χ2n) is 4.11. The van der Waals surface area contributed by atoms with Gasteiger partial charge in [0, 0.05) is 19.1 Å². The summed E-state index contributed by atoms with van der Waals surface area (Å²) < 4.78 is 0. The molecule has 16 heavy (non-hydrogen) atoms. The summed E-state index contributed by atoms with van der Waals surface area (Å²) >= 11 is 5.87. The molecule has 0 spiro atoms. The zero-order chi connectivity index (χ0) is 12.0. The fraction of sp³-hybridized carbons (Fsp3) is 0.462. The van der Waals surface area contributed by atoms with E-state index < -0.39 is 5.38 Å². The minimum atomic E-state index is -0.439. The van der Waals surface area contributed by atoms with E-state index in [-0.39, 0.29) is 0 Å². The Kier molecular flexibility index (Phi) is 5.31. The van der Waals surface area contributed by atoms with Crippen molar-refractivity contribution in [3.63, 3.8) is 0 Å². The van der Waals surface area contributed by atoms with Crippen LogP contribution in [0.4, 0.5) is 0 Å². The zero-order valence-electron chi connectivity index (χ0n) is 9.73. The molecule has 1 atom stereocenters. The van der Waals surface area contributed by atoms with Crippen LogP contribution in [0.25, 0.3) is 0 Å². The van der Waals surface area contributed by atoms with Crippen molar-refractivity contribution in [1.82, 2.24) is 4.90 Å². The third-order valence-corrected chi connectivity index (χ3v) is 2.73. The summed E-state index contributed by atoms with van der Waals surface area (Å²) in [7, 11) is 0. The molecule has 0 saturated heterocycles. The van der Waals surface area contributed by atoms with Gasteiger partial charge in [-0.2, -0.15) is 5.26 Å². The van der Waals surface area contributed by atoms with Crippen molar-refractivity contribution in [2.75, 3.05) is 6.54 Å². The summed E-state index contributed by atoms with van der Waals surface area (Å²) in [6, 6.07) is 12.7. The largest absolute Gasteiger partial charge is 0.294 e. The average molecular weight is 237 g/mol. The van der Waals surface area contributed by atoms with Gasteiger partial charge in [-0.05, 0) is 19.4 Å². The van der Waals surface area contributed by atoms with Crippen molar-refractivity contribution in [3.8, 4) is 6.07 Å². The first-order chi connectivity index (χ1) is 7.63. The highest BCUT2D eigenvalue weighted by molar-refractivity contribution is 6.22. The molecule has 0 N–H and O–H groups in total. The van der Waals surface area contributed by atoms with Gasteiger partial charge < -0.3 is 0 Å². The fourth-order valence-electron chi connectivity index (χ4n) is 1.52. The van der Waals surface area contributed by atoms with Crippen molar-refractivity contribution in [3.05, 3.63) is 35.9 Å². The van der Waals surface area contributed by atoms with E-state index in [9.17, 15) is 0 Å². The lowest BCUT2D eigenvalue weighted by Gasteiger charge is -2.26. The highest BCUT2D eigenvalue weighted by atomic mass is 35.5. The second kappa shape index (κ2) is 6.52. The van der Waals surface area contributed by atoms with Crippen LogP contribution in [0.2, 0.25) is 0 Å². The molecule has 1 rings (SSSR count). The molecule has 0 heterocycles. The van der Waals surface area contributed by atoms with Gasteiger partial charge in [0.15, 0.2) is 0 Å². The molecule has 2 nitrogen and oxygen atoms in total. The number of nitriles is 1. The van der Waals surface area contributed by atoms with Crippen LogP contribution in [0.5, 0.6) is 0 Å². The maximum atomic E-state index is 8.72. The van der Waals surface area contributed by atoms with E-state index in [0.717, 1.165) is 6.54 Å². The van der Waals surface area contributed by atoms with Gasteiger partial charge in [0.1, 0.15) is 5.38 Å². The predicted octanol–water partition coefficient (Wildman–Crippen LogP) is 3.03. The average Bonchev–Trinajstić information content (AvgIpc) is 2.29. The van der Waals surface area contributed by atoms with Gasteiger partial charge in [-0.15, -0.1) is 11.6 Å². The maximum absolute atomic E-state index is 8.72. The highest BCUT2D eigenvalue weighted by Gasteiger charge is 2.14. The van der Waals surface area contributed by atoms with Crippen LogP contribution >= 0.6 is 11.6 Å². The molecule has 0 aromatic heterocycles. The number of alkyl halides is 1. The predicted molar refractivity (Wildman–Crippen MR) is 67.2 cm³/mol. The Bertz CT molecular complexity index is 343. The topological polar surface area (TPSA) is 27.0 Å². The molecule has 0 amide bonds. The molecule has 1 unspecified atom stereocenters. The number of rotatable bonds is 5. The van der Waals surface area contributed by atoms with Crippen LogP contribution < -0.4 is 0 Å². The van der Waals surface area contributed by atoms with Gasteiger partial charge in [0.25, 0.3) is 0 Å². The van der Waals surface area contributed by atoms with Gasteiger partial charge in [0.2, 0.25) is 0 Å². The molecule has 0 radical (unpaired) electrons. The van der Waals surface area contributed by atoms with Crippen molar-refractivity contribution in [2.45, 2.75) is 31.8 Å². The molecular formula is C13H17ClN2. The Balaban J connectivity index is 2.62. The quantitative estimate of drug-likeness (QED) is 0.735. The smallest absolute Gasteiger partial charge is 0.133 e. The Morgan fingerprint density at radius 1 is 1.31 bits per heavy atom. The Morgan fingerprint density at radius 2 is 1.94 bits per heavy atom. The van der Waals surface area contributed by atoms with Crippen LogP contribution in [-0.4, -0.2) is 22.9 Å². The molecule has 1 aromatic rings. The lowest BCUT2D eigenvalue weighted by Crippen LogP contribution is -2.34. The third kappa shape index (κ3) is 4.22. The van der Waals surface area contributed by atoms with Gasteiger partial charge in [-0.25, -0.2) is 0 Å². The van der Waals surface area contributed by atoms with Crippen LogP contribution in [0.15, 0.2) is 30.3 Å². The molecule has 0 aliphatic heterocycles. The minimum Gasteiger partial charge on any atom is -0.294 e. The molecule has 0 bridgehead atoms. The highest BCUT2D eigenvalue weighted by Crippen LogP contribution is 2.10. The number of halogens is 1. The first-order valence-electron chi connectivity index (χ1n) is 5.45. The summed E-state index contributed by atoms with van der Waals surface area (Å²) in [5.41, 5.74) is 1.25. The van der Waals surface area contributed by atoms with Crippen molar-refractivity contribution < 1.29 is 0 Å². The third-order valence-electron chi connectivity index (χ3n) is 2.49. The Hall–Kier alpha value is -1.04. The van der Waals surface area contributed by atoms with Crippen molar-refractivity contribution >= 4 is 11.6 Å². The lowest BCUT2D eigenvalue weighted by molar-refractivity contribution is 0.219. The Labute approximate surface area is 102 Å². The van der Waals surface area contributed by atoms with Gasteiger partial charge in [-0.3, -0.25) is 4.90 Å². The summed E-state index contributed by atoms with van der Waals surface area (Å²) in [5.74, 6) is 0. The number of hydrogen-bond acceptors (Lipinski definition) is 2. The lowest BCUT2D eigenvalue weighted by atomic mass is 10.2. The van der Waals surface area contributed by atoms with Gasteiger partial charge >= 0.3 is 0 Å². The monoisotopic (exact) mass is 236 g/mol. The van der Waals surface area contributed by atoms with E-state index in [2.05, 4.69) is 36.9 Å². The van der Waals surface area contributed by atoms with Gasteiger partial charge in [0.05, 0.1) is 6.07 Å². The maximum Gasteiger partial charge on any atom is 0.133 e. The first kappa shape index (κ1) is 13.0. The number of hydrogen-bond donors (Lipinski definition) is 0. The molecular weight excluding hydrogens is 220 g/mol. The molecule has 0 aliphatic carbocycles.